The smallest absolute Gasteiger partial charge is 0.355 e. The van der Waals surface area contributed by atoms with E-state index in [2.05, 4.69) is 4.98 Å². The van der Waals surface area contributed by atoms with Gasteiger partial charge in [0.25, 0.3) is 0 Å². The standard InChI is InChI=1S/C13H19NO4/c1-4-17-11(15)7-6-10-9(3)8-14-12(10)13(16)18-5-2/h8,14H,4-7H2,1-3H3. The third-order valence-corrected chi connectivity index (χ3v) is 2.57. The maximum absolute atomic E-state index is 11.7. The van der Waals surface area contributed by atoms with Crippen LogP contribution in [0, 0.1) is 6.92 Å². The maximum atomic E-state index is 11.7. The van der Waals surface area contributed by atoms with Crippen molar-refractivity contribution in [3.05, 3.63) is 23.0 Å². The van der Waals surface area contributed by atoms with E-state index >= 15 is 0 Å². The average molecular weight is 253 g/mol. The molecule has 100 valence electrons. The van der Waals surface area contributed by atoms with Crippen molar-refractivity contribution in [3.8, 4) is 0 Å². The predicted molar refractivity (Wildman–Crippen MR) is 66.4 cm³/mol. The summed E-state index contributed by atoms with van der Waals surface area (Å²) in [4.78, 5) is 25.9. The molecule has 1 aromatic heterocycles. The third kappa shape index (κ3) is 3.61. The number of aryl methyl sites for hydroxylation is 1. The van der Waals surface area contributed by atoms with Gasteiger partial charge < -0.3 is 14.5 Å². The Morgan fingerprint density at radius 1 is 1.22 bits per heavy atom. The Morgan fingerprint density at radius 2 is 1.89 bits per heavy atom. The summed E-state index contributed by atoms with van der Waals surface area (Å²) in [6.45, 7) is 6.11. The molecule has 0 saturated heterocycles. The van der Waals surface area contributed by atoms with E-state index < -0.39 is 0 Å². The zero-order valence-electron chi connectivity index (χ0n) is 11.0. The van der Waals surface area contributed by atoms with Crippen molar-refractivity contribution in [2.45, 2.75) is 33.6 Å². The van der Waals surface area contributed by atoms with Gasteiger partial charge >= 0.3 is 11.9 Å². The van der Waals surface area contributed by atoms with E-state index in [0.717, 1.165) is 11.1 Å². The number of hydrogen-bond acceptors (Lipinski definition) is 4. The van der Waals surface area contributed by atoms with Gasteiger partial charge in [-0.25, -0.2) is 4.79 Å². The van der Waals surface area contributed by atoms with Gasteiger partial charge in [0, 0.05) is 12.6 Å². The fraction of sp³-hybridized carbons (Fsp3) is 0.538. The van der Waals surface area contributed by atoms with E-state index in [1.165, 1.54) is 0 Å². The summed E-state index contributed by atoms with van der Waals surface area (Å²) in [5, 5.41) is 0. The number of ether oxygens (including phenoxy) is 2. The van der Waals surface area contributed by atoms with Crippen LogP contribution >= 0.6 is 0 Å². The monoisotopic (exact) mass is 253 g/mol. The van der Waals surface area contributed by atoms with Crippen molar-refractivity contribution in [2.75, 3.05) is 13.2 Å². The Hall–Kier alpha value is -1.78. The van der Waals surface area contributed by atoms with Crippen LogP contribution in [0.2, 0.25) is 0 Å². The van der Waals surface area contributed by atoms with E-state index in [0.29, 0.717) is 25.3 Å². The van der Waals surface area contributed by atoms with E-state index in [-0.39, 0.29) is 18.4 Å². The molecule has 5 heteroatoms. The summed E-state index contributed by atoms with van der Waals surface area (Å²) in [5.74, 6) is -0.641. The van der Waals surface area contributed by atoms with Gasteiger partial charge in [0.15, 0.2) is 0 Å². The molecule has 0 aliphatic carbocycles. The Morgan fingerprint density at radius 3 is 2.50 bits per heavy atom. The second kappa shape index (κ2) is 6.83. The first-order chi connectivity index (χ1) is 8.60. The largest absolute Gasteiger partial charge is 0.466 e. The molecule has 1 N–H and O–H groups in total. The second-order valence-electron chi connectivity index (χ2n) is 3.85. The number of esters is 2. The minimum absolute atomic E-state index is 0.257. The summed E-state index contributed by atoms with van der Waals surface area (Å²) < 4.78 is 9.81. The summed E-state index contributed by atoms with van der Waals surface area (Å²) in [5.41, 5.74) is 2.20. The van der Waals surface area contributed by atoms with E-state index in [1.807, 2.05) is 6.92 Å². The minimum atomic E-state index is -0.385. The minimum Gasteiger partial charge on any atom is -0.466 e. The molecule has 0 amide bonds. The number of carbonyl (C=O) groups excluding carboxylic acids is 2. The molecule has 0 aliphatic rings. The van der Waals surface area contributed by atoms with Crippen molar-refractivity contribution in [2.24, 2.45) is 0 Å². The lowest BCUT2D eigenvalue weighted by molar-refractivity contribution is -0.143. The van der Waals surface area contributed by atoms with Gasteiger partial charge in [-0.15, -0.1) is 0 Å². The quantitative estimate of drug-likeness (QED) is 0.787. The molecule has 0 aliphatic heterocycles. The average Bonchev–Trinajstić information content (AvgIpc) is 2.69. The molecule has 18 heavy (non-hydrogen) atoms. The molecule has 1 rings (SSSR count). The molecule has 0 aromatic carbocycles. The SMILES string of the molecule is CCOC(=O)CCc1c(C)c[nH]c1C(=O)OCC. The molecule has 0 radical (unpaired) electrons. The molecule has 5 nitrogen and oxygen atoms in total. The number of H-pyrrole nitrogens is 1. The number of nitrogens with one attached hydrogen (secondary N) is 1. The predicted octanol–water partition coefficient (Wildman–Crippen LogP) is 2.00. The molecule has 1 aromatic rings. The van der Waals surface area contributed by atoms with Crippen LogP contribution < -0.4 is 0 Å². The van der Waals surface area contributed by atoms with Crippen molar-refractivity contribution in [3.63, 3.8) is 0 Å². The Balaban J connectivity index is 2.72. The van der Waals surface area contributed by atoms with Crippen LogP contribution in [0.5, 0.6) is 0 Å². The molecular formula is C13H19NO4. The van der Waals surface area contributed by atoms with Crippen molar-refractivity contribution < 1.29 is 19.1 Å². The van der Waals surface area contributed by atoms with Crippen molar-refractivity contribution >= 4 is 11.9 Å². The summed E-state index contributed by atoms with van der Waals surface area (Å²) in [6.07, 6.45) is 2.48. The van der Waals surface area contributed by atoms with Gasteiger partial charge in [-0.1, -0.05) is 0 Å². The highest BCUT2D eigenvalue weighted by atomic mass is 16.5. The maximum Gasteiger partial charge on any atom is 0.355 e. The Kier molecular flexibility index (Phi) is 5.42. The highest BCUT2D eigenvalue weighted by Gasteiger charge is 2.17. The van der Waals surface area contributed by atoms with Crippen molar-refractivity contribution in [1.82, 2.24) is 4.98 Å². The summed E-state index contributed by atoms with van der Waals surface area (Å²) in [6, 6.07) is 0. The van der Waals surface area contributed by atoms with Crippen LogP contribution in [0.3, 0.4) is 0 Å². The van der Waals surface area contributed by atoms with Gasteiger partial charge in [0.2, 0.25) is 0 Å². The highest BCUT2D eigenvalue weighted by Crippen LogP contribution is 2.16. The van der Waals surface area contributed by atoms with Crippen LogP contribution in [-0.2, 0) is 20.7 Å². The lowest BCUT2D eigenvalue weighted by atomic mass is 10.1. The topological polar surface area (TPSA) is 68.4 Å². The van der Waals surface area contributed by atoms with E-state index in [9.17, 15) is 9.59 Å². The number of aromatic nitrogens is 1. The van der Waals surface area contributed by atoms with E-state index in [1.54, 1.807) is 20.0 Å². The summed E-state index contributed by atoms with van der Waals surface area (Å²) in [7, 11) is 0. The highest BCUT2D eigenvalue weighted by molar-refractivity contribution is 5.89. The number of hydrogen-bond donors (Lipinski definition) is 1. The van der Waals surface area contributed by atoms with Crippen LogP contribution in [0.25, 0.3) is 0 Å². The van der Waals surface area contributed by atoms with Crippen LogP contribution in [0.1, 0.15) is 41.9 Å². The first-order valence-corrected chi connectivity index (χ1v) is 6.09. The van der Waals surface area contributed by atoms with Gasteiger partial charge in [0.1, 0.15) is 5.69 Å². The first-order valence-electron chi connectivity index (χ1n) is 6.09. The lowest BCUT2D eigenvalue weighted by Crippen LogP contribution is -2.10. The zero-order chi connectivity index (χ0) is 13.5. The fourth-order valence-corrected chi connectivity index (χ4v) is 1.72. The number of rotatable bonds is 6. The molecular weight excluding hydrogens is 234 g/mol. The van der Waals surface area contributed by atoms with Crippen LogP contribution in [0.15, 0.2) is 6.20 Å². The summed E-state index contributed by atoms with van der Waals surface area (Å²) >= 11 is 0. The normalized spacial score (nSPS) is 10.2. The third-order valence-electron chi connectivity index (χ3n) is 2.57. The first kappa shape index (κ1) is 14.3. The zero-order valence-corrected chi connectivity index (χ0v) is 11.0. The second-order valence-corrected chi connectivity index (χ2v) is 3.85. The molecule has 0 spiro atoms. The van der Waals surface area contributed by atoms with Crippen molar-refractivity contribution in [1.29, 1.82) is 0 Å². The molecule has 0 fully saturated rings. The number of aromatic amines is 1. The molecule has 1 heterocycles. The molecule has 0 saturated carbocycles. The number of carbonyl (C=O) groups is 2. The molecule has 0 atom stereocenters. The fourth-order valence-electron chi connectivity index (χ4n) is 1.72. The Labute approximate surface area is 106 Å². The molecule has 0 unspecified atom stereocenters. The lowest BCUT2D eigenvalue weighted by Gasteiger charge is -2.05. The van der Waals surface area contributed by atoms with Gasteiger partial charge in [-0.3, -0.25) is 4.79 Å². The molecule has 0 bridgehead atoms. The van der Waals surface area contributed by atoms with E-state index in [4.69, 9.17) is 9.47 Å². The van der Waals surface area contributed by atoms with Crippen LogP contribution in [0.4, 0.5) is 0 Å². The van der Waals surface area contributed by atoms with Gasteiger partial charge in [-0.2, -0.15) is 0 Å². The van der Waals surface area contributed by atoms with Gasteiger partial charge in [0.05, 0.1) is 13.2 Å². The van der Waals surface area contributed by atoms with Gasteiger partial charge in [-0.05, 0) is 38.3 Å². The Bertz CT molecular complexity index is 423. The van der Waals surface area contributed by atoms with Crippen LogP contribution in [-0.4, -0.2) is 30.1 Å².